The van der Waals surface area contributed by atoms with Crippen LogP contribution in [-0.2, 0) is 9.53 Å². The van der Waals surface area contributed by atoms with Gasteiger partial charge in [-0.1, -0.05) is 0 Å². The summed E-state index contributed by atoms with van der Waals surface area (Å²) in [4.78, 5) is 20.9. The van der Waals surface area contributed by atoms with Gasteiger partial charge < -0.3 is 9.47 Å². The molecule has 0 amide bonds. The molecule has 1 aromatic rings. The number of hydrogen-bond acceptors (Lipinski definition) is 5. The van der Waals surface area contributed by atoms with E-state index in [2.05, 4.69) is 25.4 Å². The van der Waals surface area contributed by atoms with Crippen molar-refractivity contribution >= 4 is 27.6 Å². The highest BCUT2D eigenvalue weighted by Crippen LogP contribution is 2.30. The summed E-state index contributed by atoms with van der Waals surface area (Å²) in [7, 11) is 0. The normalized spacial score (nSPS) is 11.7. The van der Waals surface area contributed by atoms with Gasteiger partial charge in [-0.25, -0.2) is 4.79 Å². The SMILES string of the molecule is CCOC(=O)C(F)Oc1cc([N+](=O)[O-])ccc1Br. The molecule has 0 spiro atoms. The fourth-order valence-corrected chi connectivity index (χ4v) is 1.40. The van der Waals surface area contributed by atoms with Crippen LogP contribution in [0.1, 0.15) is 6.92 Å². The maximum absolute atomic E-state index is 13.3. The van der Waals surface area contributed by atoms with Gasteiger partial charge in [0, 0.05) is 6.07 Å². The standard InChI is InChI=1S/C10H9BrFNO5/c1-2-17-10(14)9(12)18-8-5-6(13(15)16)3-4-7(8)11/h3-5,9H,2H2,1H3. The Morgan fingerprint density at radius 3 is 2.83 bits per heavy atom. The van der Waals surface area contributed by atoms with Crippen LogP contribution in [0.15, 0.2) is 22.7 Å². The molecule has 18 heavy (non-hydrogen) atoms. The number of carbonyl (C=O) groups is 1. The van der Waals surface area contributed by atoms with E-state index in [9.17, 15) is 19.3 Å². The van der Waals surface area contributed by atoms with E-state index in [1.54, 1.807) is 0 Å². The maximum Gasteiger partial charge on any atom is 0.381 e. The average molecular weight is 322 g/mol. The molecule has 1 unspecified atom stereocenters. The molecule has 0 saturated carbocycles. The number of nitro groups is 1. The molecule has 0 saturated heterocycles. The molecular formula is C10H9BrFNO5. The Morgan fingerprint density at radius 2 is 2.28 bits per heavy atom. The van der Waals surface area contributed by atoms with E-state index >= 15 is 0 Å². The number of ether oxygens (including phenoxy) is 2. The van der Waals surface area contributed by atoms with Crippen molar-refractivity contribution in [2.75, 3.05) is 6.61 Å². The van der Waals surface area contributed by atoms with Crippen LogP contribution in [0.5, 0.6) is 5.75 Å². The summed E-state index contributed by atoms with van der Waals surface area (Å²) in [5.41, 5.74) is -0.274. The van der Waals surface area contributed by atoms with E-state index < -0.39 is 17.3 Å². The summed E-state index contributed by atoms with van der Waals surface area (Å²) in [5, 5.41) is 10.5. The van der Waals surface area contributed by atoms with Gasteiger partial charge in [-0.15, -0.1) is 0 Å². The van der Waals surface area contributed by atoms with E-state index in [1.165, 1.54) is 19.1 Å². The molecule has 98 valence electrons. The molecule has 1 rings (SSSR count). The molecule has 0 aliphatic rings. The number of nitrogens with zero attached hydrogens (tertiary/aromatic N) is 1. The van der Waals surface area contributed by atoms with Crippen molar-refractivity contribution in [2.24, 2.45) is 0 Å². The summed E-state index contributed by atoms with van der Waals surface area (Å²) in [6, 6.07) is 3.55. The maximum atomic E-state index is 13.3. The van der Waals surface area contributed by atoms with Gasteiger partial charge in [-0.3, -0.25) is 10.1 Å². The number of halogens is 2. The number of non-ortho nitro benzene ring substituents is 1. The largest absolute Gasteiger partial charge is 0.461 e. The lowest BCUT2D eigenvalue weighted by Gasteiger charge is -2.11. The van der Waals surface area contributed by atoms with Crippen molar-refractivity contribution < 1.29 is 23.6 Å². The third kappa shape index (κ3) is 3.66. The average Bonchev–Trinajstić information content (AvgIpc) is 2.31. The summed E-state index contributed by atoms with van der Waals surface area (Å²) in [5.74, 6) is -1.33. The van der Waals surface area contributed by atoms with Crippen molar-refractivity contribution in [3.05, 3.63) is 32.8 Å². The van der Waals surface area contributed by atoms with Gasteiger partial charge in [0.15, 0.2) is 0 Å². The van der Waals surface area contributed by atoms with Crippen LogP contribution in [0.25, 0.3) is 0 Å². The van der Waals surface area contributed by atoms with Crippen LogP contribution in [-0.4, -0.2) is 23.9 Å². The van der Waals surface area contributed by atoms with Crippen molar-refractivity contribution in [2.45, 2.75) is 13.3 Å². The van der Waals surface area contributed by atoms with Crippen LogP contribution in [0, 0.1) is 10.1 Å². The number of hydrogen-bond donors (Lipinski definition) is 0. The predicted molar refractivity (Wildman–Crippen MR) is 63.0 cm³/mol. The van der Waals surface area contributed by atoms with Crippen molar-refractivity contribution in [3.8, 4) is 5.75 Å². The zero-order chi connectivity index (χ0) is 13.7. The number of nitro benzene ring substituents is 1. The lowest BCUT2D eigenvalue weighted by atomic mass is 10.3. The van der Waals surface area contributed by atoms with Gasteiger partial charge in [0.1, 0.15) is 5.75 Å². The summed E-state index contributed by atoms with van der Waals surface area (Å²) < 4.78 is 22.6. The molecule has 1 aromatic carbocycles. The fraction of sp³-hybridized carbons (Fsp3) is 0.300. The van der Waals surface area contributed by atoms with Crippen LogP contribution in [0.2, 0.25) is 0 Å². The number of rotatable bonds is 5. The van der Waals surface area contributed by atoms with Gasteiger partial charge in [-0.2, -0.15) is 4.39 Å². The third-order valence-corrected chi connectivity index (χ3v) is 2.48. The lowest BCUT2D eigenvalue weighted by Crippen LogP contribution is -2.24. The molecule has 0 bridgehead atoms. The molecule has 8 heteroatoms. The van der Waals surface area contributed by atoms with E-state index in [-0.39, 0.29) is 18.0 Å². The van der Waals surface area contributed by atoms with E-state index in [4.69, 9.17) is 0 Å². The minimum atomic E-state index is -2.33. The molecule has 0 aromatic heterocycles. The zero-order valence-electron chi connectivity index (χ0n) is 9.26. The second kappa shape index (κ2) is 6.29. The molecule has 0 fully saturated rings. The Morgan fingerprint density at radius 1 is 1.61 bits per heavy atom. The van der Waals surface area contributed by atoms with Gasteiger partial charge in [-0.05, 0) is 28.9 Å². The van der Waals surface area contributed by atoms with Crippen molar-refractivity contribution in [3.63, 3.8) is 0 Å². The van der Waals surface area contributed by atoms with Gasteiger partial charge >= 0.3 is 12.3 Å². The van der Waals surface area contributed by atoms with Gasteiger partial charge in [0.2, 0.25) is 0 Å². The first-order valence-corrected chi connectivity index (χ1v) is 5.66. The molecule has 6 nitrogen and oxygen atoms in total. The number of alkyl halides is 1. The first-order chi connectivity index (χ1) is 8.45. The summed E-state index contributed by atoms with van der Waals surface area (Å²) in [6.07, 6.45) is -2.33. The molecule has 0 heterocycles. The minimum Gasteiger partial charge on any atom is -0.461 e. The number of esters is 1. The Labute approximate surface area is 110 Å². The van der Waals surface area contributed by atoms with Crippen molar-refractivity contribution in [1.82, 2.24) is 0 Å². The van der Waals surface area contributed by atoms with Crippen LogP contribution >= 0.6 is 15.9 Å². The predicted octanol–water partition coefficient (Wildman–Crippen LogP) is 2.59. The number of carbonyl (C=O) groups excluding carboxylic acids is 1. The van der Waals surface area contributed by atoms with E-state index in [0.717, 1.165) is 6.07 Å². The second-order valence-corrected chi connectivity index (χ2v) is 3.91. The van der Waals surface area contributed by atoms with Gasteiger partial charge in [0.25, 0.3) is 5.69 Å². The molecular weight excluding hydrogens is 313 g/mol. The lowest BCUT2D eigenvalue weighted by molar-refractivity contribution is -0.385. The zero-order valence-corrected chi connectivity index (χ0v) is 10.8. The highest BCUT2D eigenvalue weighted by molar-refractivity contribution is 9.10. The Balaban J connectivity index is 2.86. The summed E-state index contributed by atoms with van der Waals surface area (Å²) in [6.45, 7) is 1.53. The first-order valence-electron chi connectivity index (χ1n) is 4.87. The fourth-order valence-electron chi connectivity index (χ4n) is 1.06. The van der Waals surface area contributed by atoms with Gasteiger partial charge in [0.05, 0.1) is 22.1 Å². The van der Waals surface area contributed by atoms with E-state index in [1.807, 2.05) is 0 Å². The topological polar surface area (TPSA) is 78.7 Å². The monoisotopic (exact) mass is 321 g/mol. The molecule has 0 aliphatic carbocycles. The highest BCUT2D eigenvalue weighted by Gasteiger charge is 2.22. The highest BCUT2D eigenvalue weighted by atomic mass is 79.9. The molecule has 0 aliphatic heterocycles. The molecule has 1 atom stereocenters. The minimum absolute atomic E-state index is 0.0126. The van der Waals surface area contributed by atoms with Crippen molar-refractivity contribution in [1.29, 1.82) is 0 Å². The van der Waals surface area contributed by atoms with E-state index in [0.29, 0.717) is 4.47 Å². The quantitative estimate of drug-likeness (QED) is 0.473. The Kier molecular flexibility index (Phi) is 5.02. The Bertz CT molecular complexity index is 468. The Hall–Kier alpha value is -1.70. The number of benzene rings is 1. The third-order valence-electron chi connectivity index (χ3n) is 1.83. The smallest absolute Gasteiger partial charge is 0.381 e. The summed E-state index contributed by atoms with van der Waals surface area (Å²) >= 11 is 3.03. The van der Waals surface area contributed by atoms with Crippen LogP contribution in [0.3, 0.4) is 0 Å². The molecule has 0 N–H and O–H groups in total. The molecule has 0 radical (unpaired) electrons. The van der Waals surface area contributed by atoms with Crippen LogP contribution < -0.4 is 4.74 Å². The van der Waals surface area contributed by atoms with Crippen LogP contribution in [0.4, 0.5) is 10.1 Å². The second-order valence-electron chi connectivity index (χ2n) is 3.06. The first kappa shape index (κ1) is 14.4.